The number of carboxylic acids is 1. The molecule has 1 aromatic carbocycles. The van der Waals surface area contributed by atoms with Gasteiger partial charge in [-0.05, 0) is 18.1 Å². The number of thioether (sulfide) groups is 1. The fraction of sp³-hybridized carbons (Fsp3) is 0.250. The zero-order valence-electron chi connectivity index (χ0n) is 12.9. The van der Waals surface area contributed by atoms with E-state index in [1.165, 1.54) is 0 Å². The second-order valence-corrected chi connectivity index (χ2v) is 6.70. The van der Waals surface area contributed by atoms with Gasteiger partial charge in [-0.1, -0.05) is 61.2 Å². The van der Waals surface area contributed by atoms with Crippen LogP contribution in [0, 0.1) is 0 Å². The number of hydrogen-bond acceptors (Lipinski definition) is 6. The number of nitrogens with zero attached hydrogens (tertiary/aromatic N) is 1. The Morgan fingerprint density at radius 1 is 1.38 bits per heavy atom. The number of benzene rings is 1. The average molecular weight is 363 g/mol. The molecule has 1 fully saturated rings. The second kappa shape index (κ2) is 8.07. The van der Waals surface area contributed by atoms with Gasteiger partial charge in [0.15, 0.2) is 0 Å². The van der Waals surface area contributed by atoms with Crippen LogP contribution in [-0.4, -0.2) is 39.6 Å². The quantitative estimate of drug-likeness (QED) is 0.586. The highest BCUT2D eigenvalue weighted by Gasteiger charge is 2.33. The number of nitrogens with one attached hydrogen (secondary N) is 1. The van der Waals surface area contributed by atoms with Crippen molar-refractivity contribution in [2.75, 3.05) is 6.54 Å². The van der Waals surface area contributed by atoms with Crippen LogP contribution in [0.5, 0.6) is 0 Å². The maximum absolute atomic E-state index is 12.4. The molecule has 6 nitrogen and oxygen atoms in total. The van der Waals surface area contributed by atoms with E-state index >= 15 is 0 Å². The zero-order valence-corrected chi connectivity index (χ0v) is 14.5. The molecule has 1 aliphatic rings. The Bertz CT molecular complexity index is 703. The maximum Gasteiger partial charge on any atom is 0.266 e. The summed E-state index contributed by atoms with van der Waals surface area (Å²) in [4.78, 5) is 36.8. The molecule has 126 valence electrons. The molecule has 1 atom stereocenters. The van der Waals surface area contributed by atoms with Gasteiger partial charge in [0, 0.05) is 0 Å². The molecule has 24 heavy (non-hydrogen) atoms. The molecule has 8 heteroatoms. The highest BCUT2D eigenvalue weighted by molar-refractivity contribution is 8.26. The summed E-state index contributed by atoms with van der Waals surface area (Å²) in [7, 11) is 0. The van der Waals surface area contributed by atoms with Crippen molar-refractivity contribution in [3.05, 3.63) is 40.8 Å². The lowest BCUT2D eigenvalue weighted by molar-refractivity contribution is -0.308. The number of hydrogen-bond donors (Lipinski definition) is 1. The van der Waals surface area contributed by atoms with Crippen molar-refractivity contribution >= 4 is 52.2 Å². The molecule has 0 bridgehead atoms. The van der Waals surface area contributed by atoms with E-state index in [2.05, 4.69) is 5.32 Å². The molecule has 0 radical (unpaired) electrons. The number of carbonyl (C=O) groups excluding carboxylic acids is 3. The zero-order chi connectivity index (χ0) is 17.7. The summed E-state index contributed by atoms with van der Waals surface area (Å²) in [6.07, 6.45) is 1.90. The predicted molar refractivity (Wildman–Crippen MR) is 93.5 cm³/mol. The van der Waals surface area contributed by atoms with Crippen molar-refractivity contribution in [2.24, 2.45) is 0 Å². The fourth-order valence-electron chi connectivity index (χ4n) is 2.05. The van der Waals surface area contributed by atoms with E-state index in [4.69, 9.17) is 12.2 Å². The van der Waals surface area contributed by atoms with Crippen LogP contribution in [-0.2, 0) is 14.4 Å². The third-order valence-corrected chi connectivity index (χ3v) is 4.68. The Labute approximate surface area is 148 Å². The van der Waals surface area contributed by atoms with E-state index in [1.807, 2.05) is 30.3 Å². The van der Waals surface area contributed by atoms with Crippen LogP contribution in [0.2, 0.25) is 0 Å². The predicted octanol–water partition coefficient (Wildman–Crippen LogP) is 0.532. The van der Waals surface area contributed by atoms with Crippen LogP contribution in [0.1, 0.15) is 18.9 Å². The topological polar surface area (TPSA) is 89.5 Å². The number of thiocarbonyl (C=S) groups is 1. The number of amides is 2. The fourth-order valence-corrected chi connectivity index (χ4v) is 3.30. The molecule has 0 unspecified atom stereocenters. The number of carbonyl (C=O) groups is 3. The first-order chi connectivity index (χ1) is 11.4. The van der Waals surface area contributed by atoms with Crippen LogP contribution < -0.4 is 10.4 Å². The molecule has 1 aromatic rings. The SMILES string of the molecule is CC[C@H](NC(=O)CN1C(=O)/C(=C/c2ccccc2)SC1=S)C(=O)[O-]. The van der Waals surface area contributed by atoms with Gasteiger partial charge in [-0.25, -0.2) is 0 Å². The van der Waals surface area contributed by atoms with E-state index in [9.17, 15) is 19.5 Å². The Morgan fingerprint density at radius 2 is 2.04 bits per heavy atom. The number of aliphatic carboxylic acids is 1. The van der Waals surface area contributed by atoms with Crippen LogP contribution in [0.25, 0.3) is 6.08 Å². The first-order valence-electron chi connectivity index (χ1n) is 7.23. The van der Waals surface area contributed by atoms with Gasteiger partial charge in [0.25, 0.3) is 5.91 Å². The summed E-state index contributed by atoms with van der Waals surface area (Å²) in [6.45, 7) is 1.30. The molecule has 2 rings (SSSR count). The van der Waals surface area contributed by atoms with Gasteiger partial charge in [-0.3, -0.25) is 14.5 Å². The molecule has 2 amide bonds. The standard InChI is InChI=1S/C16H16N2O4S2/c1-2-11(15(21)22)17-13(19)9-18-14(20)12(24-16(18)23)8-10-6-4-3-5-7-10/h3-8,11H,2,9H2,1H3,(H,17,19)(H,21,22)/p-1/b12-8-/t11-/m0/s1. The van der Waals surface area contributed by atoms with Gasteiger partial charge in [0.1, 0.15) is 10.9 Å². The molecule has 0 aromatic heterocycles. The van der Waals surface area contributed by atoms with Crippen molar-refractivity contribution in [1.29, 1.82) is 0 Å². The Morgan fingerprint density at radius 3 is 2.62 bits per heavy atom. The molecular formula is C16H15N2O4S2-. The number of carboxylic acid groups (broad SMARTS) is 1. The van der Waals surface area contributed by atoms with Crippen LogP contribution >= 0.6 is 24.0 Å². The van der Waals surface area contributed by atoms with Crippen molar-refractivity contribution in [2.45, 2.75) is 19.4 Å². The number of rotatable bonds is 6. The van der Waals surface area contributed by atoms with Crippen molar-refractivity contribution in [3.63, 3.8) is 0 Å². The Hall–Kier alpha value is -2.19. The monoisotopic (exact) mass is 363 g/mol. The molecular weight excluding hydrogens is 348 g/mol. The summed E-state index contributed by atoms with van der Waals surface area (Å²) >= 11 is 6.25. The van der Waals surface area contributed by atoms with Gasteiger partial charge in [-0.2, -0.15) is 0 Å². The lowest BCUT2D eigenvalue weighted by Gasteiger charge is -2.20. The highest BCUT2D eigenvalue weighted by Crippen LogP contribution is 2.32. The molecule has 0 spiro atoms. The lowest BCUT2D eigenvalue weighted by atomic mass is 10.2. The summed E-state index contributed by atoms with van der Waals surface area (Å²) < 4.78 is 0.263. The van der Waals surface area contributed by atoms with Crippen molar-refractivity contribution in [3.8, 4) is 0 Å². The van der Waals surface area contributed by atoms with Gasteiger partial charge >= 0.3 is 0 Å². The van der Waals surface area contributed by atoms with E-state index in [0.717, 1.165) is 22.2 Å². The molecule has 0 saturated carbocycles. The van der Waals surface area contributed by atoms with Gasteiger partial charge in [0.05, 0.1) is 16.9 Å². The summed E-state index contributed by atoms with van der Waals surface area (Å²) in [5.41, 5.74) is 0.852. The maximum atomic E-state index is 12.4. The Kier molecular flexibility index (Phi) is 6.10. The van der Waals surface area contributed by atoms with E-state index in [1.54, 1.807) is 13.0 Å². The Balaban J connectivity index is 2.05. The molecule has 1 aliphatic heterocycles. The van der Waals surface area contributed by atoms with Crippen LogP contribution in [0.15, 0.2) is 35.2 Å². The van der Waals surface area contributed by atoms with Gasteiger partial charge in [-0.15, -0.1) is 0 Å². The smallest absolute Gasteiger partial charge is 0.266 e. The normalized spacial score (nSPS) is 17.2. The van der Waals surface area contributed by atoms with E-state index in [0.29, 0.717) is 4.91 Å². The summed E-state index contributed by atoms with van der Waals surface area (Å²) in [5, 5.41) is 13.2. The molecule has 1 saturated heterocycles. The second-order valence-electron chi connectivity index (χ2n) is 5.03. The van der Waals surface area contributed by atoms with E-state index in [-0.39, 0.29) is 23.2 Å². The molecule has 1 heterocycles. The minimum atomic E-state index is -1.36. The van der Waals surface area contributed by atoms with Gasteiger partial charge < -0.3 is 15.2 Å². The minimum Gasteiger partial charge on any atom is -0.548 e. The first kappa shape index (κ1) is 18.2. The molecule has 0 aliphatic carbocycles. The summed E-state index contributed by atoms with van der Waals surface area (Å²) in [5.74, 6) is -2.32. The van der Waals surface area contributed by atoms with Crippen LogP contribution in [0.4, 0.5) is 0 Å². The van der Waals surface area contributed by atoms with Crippen LogP contribution in [0.3, 0.4) is 0 Å². The largest absolute Gasteiger partial charge is 0.548 e. The van der Waals surface area contributed by atoms with Gasteiger partial charge in [0.2, 0.25) is 5.91 Å². The highest BCUT2D eigenvalue weighted by atomic mass is 32.2. The third kappa shape index (κ3) is 4.42. The third-order valence-electron chi connectivity index (χ3n) is 3.30. The first-order valence-corrected chi connectivity index (χ1v) is 8.45. The summed E-state index contributed by atoms with van der Waals surface area (Å²) in [6, 6.07) is 8.19. The van der Waals surface area contributed by atoms with Crippen molar-refractivity contribution < 1.29 is 19.5 Å². The van der Waals surface area contributed by atoms with Crippen molar-refractivity contribution in [1.82, 2.24) is 10.2 Å². The molecule has 1 N–H and O–H groups in total. The minimum absolute atomic E-state index is 0.195. The lowest BCUT2D eigenvalue weighted by Crippen LogP contribution is -2.50. The van der Waals surface area contributed by atoms with E-state index < -0.39 is 17.9 Å². The average Bonchev–Trinajstić information content (AvgIpc) is 2.81.